The zero-order valence-electron chi connectivity index (χ0n) is 13.1. The molecule has 1 N–H and O–H groups in total. The van der Waals surface area contributed by atoms with Crippen LogP contribution in [0.2, 0.25) is 0 Å². The molecule has 21 heavy (non-hydrogen) atoms. The summed E-state index contributed by atoms with van der Waals surface area (Å²) in [5.41, 5.74) is 0.546. The second-order valence-corrected chi connectivity index (χ2v) is 5.79. The lowest BCUT2D eigenvalue weighted by atomic mass is 10.0. The molecule has 2 rings (SSSR count). The second kappa shape index (κ2) is 7.41. The van der Waals surface area contributed by atoms with Gasteiger partial charge in [-0.1, -0.05) is 6.42 Å². The highest BCUT2D eigenvalue weighted by atomic mass is 16.5. The van der Waals surface area contributed by atoms with E-state index < -0.39 is 0 Å². The second-order valence-electron chi connectivity index (χ2n) is 5.79. The summed E-state index contributed by atoms with van der Waals surface area (Å²) < 4.78 is 4.78. The van der Waals surface area contributed by atoms with Gasteiger partial charge in [-0.15, -0.1) is 0 Å². The van der Waals surface area contributed by atoms with E-state index in [1.165, 1.54) is 26.4 Å². The Kier molecular flexibility index (Phi) is 5.56. The molecular weight excluding hydrogens is 266 g/mol. The molecule has 0 amide bonds. The van der Waals surface area contributed by atoms with Gasteiger partial charge in [0, 0.05) is 24.8 Å². The number of aromatic nitrogens is 1. The maximum absolute atomic E-state index is 11.7. The smallest absolute Gasteiger partial charge is 0.338 e. The third kappa shape index (κ3) is 4.17. The number of carbonyl (C=O) groups is 1. The number of carbonyl (C=O) groups excluding carboxylic acids is 1. The van der Waals surface area contributed by atoms with E-state index in [0.29, 0.717) is 17.6 Å². The Labute approximate surface area is 126 Å². The van der Waals surface area contributed by atoms with Crippen LogP contribution in [-0.4, -0.2) is 43.2 Å². The van der Waals surface area contributed by atoms with Crippen molar-refractivity contribution in [1.82, 2.24) is 10.3 Å². The van der Waals surface area contributed by atoms with Crippen LogP contribution < -0.4 is 10.2 Å². The first-order valence-electron chi connectivity index (χ1n) is 7.66. The van der Waals surface area contributed by atoms with Crippen LogP contribution >= 0.6 is 0 Å². The Morgan fingerprint density at radius 1 is 1.52 bits per heavy atom. The third-order valence-corrected chi connectivity index (χ3v) is 3.91. The molecule has 0 saturated carbocycles. The fourth-order valence-corrected chi connectivity index (χ4v) is 2.71. The Morgan fingerprint density at radius 2 is 2.33 bits per heavy atom. The van der Waals surface area contributed by atoms with Crippen LogP contribution in [0.5, 0.6) is 0 Å². The number of pyridine rings is 1. The quantitative estimate of drug-likeness (QED) is 0.843. The number of rotatable bonds is 5. The fraction of sp³-hybridized carbons (Fsp3) is 0.625. The molecule has 1 unspecified atom stereocenters. The summed E-state index contributed by atoms with van der Waals surface area (Å²) in [5, 5.41) is 3.56. The average molecular weight is 291 g/mol. The zero-order valence-corrected chi connectivity index (χ0v) is 13.1. The van der Waals surface area contributed by atoms with Gasteiger partial charge in [-0.3, -0.25) is 0 Å². The maximum Gasteiger partial charge on any atom is 0.338 e. The lowest BCUT2D eigenvalue weighted by Crippen LogP contribution is -2.46. The van der Waals surface area contributed by atoms with Gasteiger partial charge >= 0.3 is 5.97 Å². The minimum Gasteiger partial charge on any atom is -0.465 e. The van der Waals surface area contributed by atoms with Crippen LogP contribution in [-0.2, 0) is 4.74 Å². The van der Waals surface area contributed by atoms with E-state index in [1.807, 2.05) is 6.07 Å². The molecule has 0 radical (unpaired) electrons. The maximum atomic E-state index is 11.7. The van der Waals surface area contributed by atoms with E-state index in [-0.39, 0.29) is 5.97 Å². The van der Waals surface area contributed by atoms with Gasteiger partial charge in [0.2, 0.25) is 0 Å². The predicted molar refractivity (Wildman–Crippen MR) is 83.7 cm³/mol. The normalized spacial score (nSPS) is 18.6. The summed E-state index contributed by atoms with van der Waals surface area (Å²) in [7, 11) is 1.40. The number of anilines is 1. The predicted octanol–water partition coefficient (Wildman–Crippen LogP) is 2.23. The number of methoxy groups -OCH3 is 1. The highest BCUT2D eigenvalue weighted by molar-refractivity contribution is 5.90. The first-order valence-corrected chi connectivity index (χ1v) is 7.66. The molecule has 1 aliphatic rings. The minimum absolute atomic E-state index is 0.321. The van der Waals surface area contributed by atoms with Crippen LogP contribution in [0.15, 0.2) is 18.3 Å². The van der Waals surface area contributed by atoms with E-state index in [4.69, 9.17) is 4.74 Å². The summed E-state index contributed by atoms with van der Waals surface area (Å²) in [4.78, 5) is 18.3. The van der Waals surface area contributed by atoms with Gasteiger partial charge in [0.05, 0.1) is 12.7 Å². The number of hydrogen-bond donors (Lipinski definition) is 1. The molecule has 1 fully saturated rings. The first kappa shape index (κ1) is 15.8. The van der Waals surface area contributed by atoms with E-state index >= 15 is 0 Å². The molecule has 5 nitrogen and oxygen atoms in total. The van der Waals surface area contributed by atoms with Gasteiger partial charge in [0.25, 0.3) is 0 Å². The van der Waals surface area contributed by atoms with Crippen LogP contribution in [0.4, 0.5) is 5.82 Å². The highest BCUT2D eigenvalue weighted by Crippen LogP contribution is 2.19. The molecule has 5 heteroatoms. The van der Waals surface area contributed by atoms with Crippen molar-refractivity contribution < 1.29 is 9.53 Å². The van der Waals surface area contributed by atoms with Crippen molar-refractivity contribution in [3.8, 4) is 0 Å². The Balaban J connectivity index is 2.15. The molecule has 1 saturated heterocycles. The molecular formula is C16H25N3O2. The number of nitrogens with zero attached hydrogens (tertiary/aromatic N) is 2. The molecule has 2 heterocycles. The van der Waals surface area contributed by atoms with Crippen molar-refractivity contribution >= 4 is 11.8 Å². The summed E-state index contributed by atoms with van der Waals surface area (Å²) in [6.07, 6.45) is 5.40. The number of esters is 1. The SMILES string of the molecule is COC(=O)c1ccnc(N(CC2CCCCN2)C(C)C)c1. The summed E-state index contributed by atoms with van der Waals surface area (Å²) in [6, 6.07) is 4.32. The molecule has 1 aliphatic heterocycles. The summed E-state index contributed by atoms with van der Waals surface area (Å²) >= 11 is 0. The summed E-state index contributed by atoms with van der Waals surface area (Å²) in [5.74, 6) is 0.512. The standard InChI is InChI=1S/C16H25N3O2/c1-12(2)19(11-14-6-4-5-8-17-14)15-10-13(7-9-18-15)16(20)21-3/h7,9-10,12,14,17H,4-6,8,11H2,1-3H3. The van der Waals surface area contributed by atoms with Crippen molar-refractivity contribution in [2.75, 3.05) is 25.1 Å². The van der Waals surface area contributed by atoms with E-state index in [1.54, 1.807) is 12.3 Å². The van der Waals surface area contributed by atoms with Gasteiger partial charge in [-0.05, 0) is 45.4 Å². The largest absolute Gasteiger partial charge is 0.465 e. The Bertz CT molecular complexity index is 470. The van der Waals surface area contributed by atoms with Crippen LogP contribution in [0.1, 0.15) is 43.5 Å². The van der Waals surface area contributed by atoms with Crippen molar-refractivity contribution in [2.24, 2.45) is 0 Å². The molecule has 1 atom stereocenters. The molecule has 1 aromatic rings. The van der Waals surface area contributed by atoms with Gasteiger partial charge < -0.3 is 15.0 Å². The number of ether oxygens (including phenoxy) is 1. The molecule has 116 valence electrons. The van der Waals surface area contributed by atoms with Gasteiger partial charge in [-0.25, -0.2) is 9.78 Å². The van der Waals surface area contributed by atoms with Gasteiger partial charge in [0.15, 0.2) is 0 Å². The molecule has 0 aliphatic carbocycles. The van der Waals surface area contributed by atoms with E-state index in [9.17, 15) is 4.79 Å². The highest BCUT2D eigenvalue weighted by Gasteiger charge is 2.20. The van der Waals surface area contributed by atoms with E-state index in [0.717, 1.165) is 18.9 Å². The minimum atomic E-state index is -0.321. The van der Waals surface area contributed by atoms with Crippen molar-refractivity contribution in [2.45, 2.75) is 45.2 Å². The van der Waals surface area contributed by atoms with E-state index in [2.05, 4.69) is 29.0 Å². The van der Waals surface area contributed by atoms with Crippen molar-refractivity contribution in [3.05, 3.63) is 23.9 Å². The molecule has 0 aromatic carbocycles. The average Bonchev–Trinajstić information content (AvgIpc) is 2.52. The molecule has 0 spiro atoms. The van der Waals surface area contributed by atoms with Crippen molar-refractivity contribution in [3.63, 3.8) is 0 Å². The first-order chi connectivity index (χ1) is 10.1. The topological polar surface area (TPSA) is 54.5 Å². The number of nitrogens with one attached hydrogen (secondary N) is 1. The van der Waals surface area contributed by atoms with Crippen LogP contribution in [0, 0.1) is 0 Å². The Morgan fingerprint density at radius 3 is 2.95 bits per heavy atom. The lowest BCUT2D eigenvalue weighted by molar-refractivity contribution is 0.0600. The zero-order chi connectivity index (χ0) is 15.2. The summed E-state index contributed by atoms with van der Waals surface area (Å²) in [6.45, 7) is 6.30. The van der Waals surface area contributed by atoms with Crippen LogP contribution in [0.25, 0.3) is 0 Å². The van der Waals surface area contributed by atoms with Crippen molar-refractivity contribution in [1.29, 1.82) is 0 Å². The monoisotopic (exact) mass is 291 g/mol. The lowest BCUT2D eigenvalue weighted by Gasteiger charge is -2.34. The molecule has 1 aromatic heterocycles. The third-order valence-electron chi connectivity index (χ3n) is 3.91. The number of piperidine rings is 1. The van der Waals surface area contributed by atoms with Crippen LogP contribution in [0.3, 0.4) is 0 Å². The number of hydrogen-bond acceptors (Lipinski definition) is 5. The molecule has 0 bridgehead atoms. The Hall–Kier alpha value is -1.62. The fourth-order valence-electron chi connectivity index (χ4n) is 2.71. The van der Waals surface area contributed by atoms with Gasteiger partial charge in [0.1, 0.15) is 5.82 Å². The van der Waals surface area contributed by atoms with Gasteiger partial charge in [-0.2, -0.15) is 0 Å².